The summed E-state index contributed by atoms with van der Waals surface area (Å²) in [6, 6.07) is 20.8. The van der Waals surface area contributed by atoms with Crippen LogP contribution >= 0.6 is 0 Å². The van der Waals surface area contributed by atoms with Gasteiger partial charge in [0.05, 0.1) is 5.75 Å². The van der Waals surface area contributed by atoms with Crippen molar-refractivity contribution in [3.63, 3.8) is 0 Å². The minimum atomic E-state index is -3.20. The van der Waals surface area contributed by atoms with Gasteiger partial charge in [-0.3, -0.25) is 0 Å². The number of hydrogen-bond donors (Lipinski definition) is 1. The Morgan fingerprint density at radius 1 is 0.810 bits per heavy atom. The molecule has 0 saturated heterocycles. The molecule has 4 heteroatoms. The molecular weight excluding hydrogens is 282 g/mol. The van der Waals surface area contributed by atoms with E-state index in [9.17, 15) is 8.42 Å². The molecule has 2 N–H and O–H groups in total. The van der Waals surface area contributed by atoms with Crippen LogP contribution in [0.25, 0.3) is 11.1 Å². The summed E-state index contributed by atoms with van der Waals surface area (Å²) in [7, 11) is -3.20. The standard InChI is InChI=1S/C12H10.C5H13NO2S/c1-3-7-11(8-4-1)12-9-5-2-6-10-12;1-2-3-4-5-9(6,7)8/h1-10H;2-5H2,1H3,(H2,6,7,8). The van der Waals surface area contributed by atoms with Crippen molar-refractivity contribution >= 4 is 10.0 Å². The van der Waals surface area contributed by atoms with Crippen molar-refractivity contribution < 1.29 is 8.42 Å². The van der Waals surface area contributed by atoms with Crippen LogP contribution < -0.4 is 5.14 Å². The van der Waals surface area contributed by atoms with Gasteiger partial charge >= 0.3 is 0 Å². The molecule has 114 valence electrons. The Bertz CT molecular complexity index is 558. The molecule has 0 fully saturated rings. The number of hydrogen-bond acceptors (Lipinski definition) is 2. The highest BCUT2D eigenvalue weighted by molar-refractivity contribution is 7.89. The number of unbranched alkanes of at least 4 members (excludes halogenated alkanes) is 2. The van der Waals surface area contributed by atoms with Crippen LogP contribution in [0.2, 0.25) is 0 Å². The molecule has 21 heavy (non-hydrogen) atoms. The molecule has 0 bridgehead atoms. The maximum absolute atomic E-state index is 10.3. The van der Waals surface area contributed by atoms with E-state index in [1.807, 2.05) is 19.1 Å². The van der Waals surface area contributed by atoms with Gasteiger partial charge in [0.1, 0.15) is 0 Å². The molecule has 2 rings (SSSR count). The Hall–Kier alpha value is -1.65. The molecule has 0 aliphatic heterocycles. The Morgan fingerprint density at radius 3 is 1.57 bits per heavy atom. The summed E-state index contributed by atoms with van der Waals surface area (Å²) in [5.74, 6) is 0.126. The smallest absolute Gasteiger partial charge is 0.209 e. The van der Waals surface area contributed by atoms with Crippen molar-refractivity contribution in [2.45, 2.75) is 26.2 Å². The zero-order chi connectivity index (χ0) is 15.6. The van der Waals surface area contributed by atoms with Gasteiger partial charge in [0.2, 0.25) is 10.0 Å². The molecule has 0 amide bonds. The molecule has 0 radical (unpaired) electrons. The van der Waals surface area contributed by atoms with E-state index in [0.717, 1.165) is 12.8 Å². The summed E-state index contributed by atoms with van der Waals surface area (Å²) < 4.78 is 20.6. The fourth-order valence-electron chi connectivity index (χ4n) is 1.81. The number of rotatable bonds is 5. The molecular formula is C17H23NO2S. The Balaban J connectivity index is 0.000000222. The monoisotopic (exact) mass is 305 g/mol. The van der Waals surface area contributed by atoms with Gasteiger partial charge in [-0.2, -0.15) is 0 Å². The lowest BCUT2D eigenvalue weighted by Crippen LogP contribution is -2.16. The third kappa shape index (κ3) is 8.27. The quantitative estimate of drug-likeness (QED) is 0.854. The van der Waals surface area contributed by atoms with Crippen molar-refractivity contribution in [2.75, 3.05) is 5.75 Å². The van der Waals surface area contributed by atoms with Crippen LogP contribution in [0.15, 0.2) is 60.7 Å². The van der Waals surface area contributed by atoms with E-state index in [1.165, 1.54) is 11.1 Å². The highest BCUT2D eigenvalue weighted by Crippen LogP contribution is 2.17. The average Bonchev–Trinajstić information content (AvgIpc) is 2.49. The molecule has 0 atom stereocenters. The second-order valence-corrected chi connectivity index (χ2v) is 6.54. The predicted molar refractivity (Wildman–Crippen MR) is 89.4 cm³/mol. The van der Waals surface area contributed by atoms with Gasteiger partial charge in [0.15, 0.2) is 0 Å². The fourth-order valence-corrected chi connectivity index (χ4v) is 2.42. The lowest BCUT2D eigenvalue weighted by Gasteiger charge is -1.98. The summed E-state index contributed by atoms with van der Waals surface area (Å²) in [5, 5.41) is 4.75. The minimum Gasteiger partial charge on any atom is -0.229 e. The van der Waals surface area contributed by atoms with Crippen LogP contribution in [0.3, 0.4) is 0 Å². The van der Waals surface area contributed by atoms with E-state index in [1.54, 1.807) is 0 Å². The zero-order valence-corrected chi connectivity index (χ0v) is 13.2. The van der Waals surface area contributed by atoms with Crippen LogP contribution in [-0.2, 0) is 10.0 Å². The number of primary sulfonamides is 1. The van der Waals surface area contributed by atoms with Gasteiger partial charge < -0.3 is 0 Å². The van der Waals surface area contributed by atoms with Gasteiger partial charge in [0.25, 0.3) is 0 Å². The minimum absolute atomic E-state index is 0.126. The van der Waals surface area contributed by atoms with E-state index in [2.05, 4.69) is 48.5 Å². The molecule has 0 aliphatic carbocycles. The first kappa shape index (κ1) is 17.4. The maximum Gasteiger partial charge on any atom is 0.209 e. The highest BCUT2D eigenvalue weighted by Gasteiger charge is 1.99. The Kier molecular flexibility index (Phi) is 7.72. The second kappa shape index (κ2) is 9.32. The molecule has 0 heterocycles. The first-order chi connectivity index (χ1) is 10.0. The normalized spacial score (nSPS) is 10.6. The van der Waals surface area contributed by atoms with Crippen molar-refractivity contribution in [1.82, 2.24) is 0 Å². The molecule has 3 nitrogen and oxygen atoms in total. The first-order valence-electron chi connectivity index (χ1n) is 7.14. The van der Waals surface area contributed by atoms with E-state index < -0.39 is 10.0 Å². The molecule has 2 aromatic rings. The van der Waals surface area contributed by atoms with E-state index in [4.69, 9.17) is 5.14 Å². The SMILES string of the molecule is CCCCCS(N)(=O)=O.c1ccc(-c2ccccc2)cc1. The van der Waals surface area contributed by atoms with E-state index >= 15 is 0 Å². The molecule has 0 saturated carbocycles. The third-order valence-corrected chi connectivity index (χ3v) is 3.77. The number of benzene rings is 2. The summed E-state index contributed by atoms with van der Waals surface area (Å²) in [4.78, 5) is 0. The van der Waals surface area contributed by atoms with Crippen molar-refractivity contribution in [2.24, 2.45) is 5.14 Å². The zero-order valence-electron chi connectivity index (χ0n) is 12.4. The summed E-state index contributed by atoms with van der Waals surface area (Å²) in [5.41, 5.74) is 2.55. The fraction of sp³-hybridized carbons (Fsp3) is 0.294. The topological polar surface area (TPSA) is 60.2 Å². The molecule has 0 aliphatic rings. The molecule has 0 unspecified atom stereocenters. The van der Waals surface area contributed by atoms with Crippen LogP contribution in [0.5, 0.6) is 0 Å². The van der Waals surface area contributed by atoms with Crippen molar-refractivity contribution in [3.05, 3.63) is 60.7 Å². The largest absolute Gasteiger partial charge is 0.229 e. The number of nitrogens with two attached hydrogens (primary N) is 1. The summed E-state index contributed by atoms with van der Waals surface area (Å²) in [6.45, 7) is 2.02. The third-order valence-electron chi connectivity index (χ3n) is 2.91. The highest BCUT2D eigenvalue weighted by atomic mass is 32.2. The Morgan fingerprint density at radius 2 is 1.24 bits per heavy atom. The van der Waals surface area contributed by atoms with Crippen LogP contribution in [0.4, 0.5) is 0 Å². The van der Waals surface area contributed by atoms with Crippen LogP contribution in [0.1, 0.15) is 26.2 Å². The van der Waals surface area contributed by atoms with Gasteiger partial charge in [0, 0.05) is 0 Å². The average molecular weight is 305 g/mol. The predicted octanol–water partition coefficient (Wildman–Crippen LogP) is 3.82. The molecule has 2 aromatic carbocycles. The van der Waals surface area contributed by atoms with Gasteiger partial charge in [-0.25, -0.2) is 13.6 Å². The summed E-state index contributed by atoms with van der Waals surface area (Å²) in [6.07, 6.45) is 2.65. The van der Waals surface area contributed by atoms with Gasteiger partial charge in [-0.05, 0) is 17.5 Å². The van der Waals surface area contributed by atoms with Gasteiger partial charge in [-0.1, -0.05) is 80.4 Å². The Labute approximate surface area is 127 Å². The lowest BCUT2D eigenvalue weighted by molar-refractivity contribution is 0.592. The summed E-state index contributed by atoms with van der Waals surface area (Å²) >= 11 is 0. The number of sulfonamides is 1. The molecule has 0 aromatic heterocycles. The maximum atomic E-state index is 10.3. The first-order valence-corrected chi connectivity index (χ1v) is 8.85. The van der Waals surface area contributed by atoms with Crippen molar-refractivity contribution in [3.8, 4) is 11.1 Å². The van der Waals surface area contributed by atoms with Crippen LogP contribution in [-0.4, -0.2) is 14.2 Å². The lowest BCUT2D eigenvalue weighted by atomic mass is 10.1. The van der Waals surface area contributed by atoms with Crippen LogP contribution in [0, 0.1) is 0 Å². The van der Waals surface area contributed by atoms with Crippen molar-refractivity contribution in [1.29, 1.82) is 0 Å². The van der Waals surface area contributed by atoms with E-state index in [0.29, 0.717) is 6.42 Å². The van der Waals surface area contributed by atoms with Gasteiger partial charge in [-0.15, -0.1) is 0 Å². The molecule has 0 spiro atoms. The second-order valence-electron chi connectivity index (χ2n) is 4.81. The van der Waals surface area contributed by atoms with E-state index in [-0.39, 0.29) is 5.75 Å².